The summed E-state index contributed by atoms with van der Waals surface area (Å²) in [6.45, 7) is 4.28. The molecule has 2 aromatic carbocycles. The lowest BCUT2D eigenvalue weighted by molar-refractivity contribution is -0.142. The van der Waals surface area contributed by atoms with Crippen molar-refractivity contribution in [1.82, 2.24) is 4.98 Å². The minimum atomic E-state index is -0.401. The van der Waals surface area contributed by atoms with Crippen molar-refractivity contribution in [2.24, 2.45) is 0 Å². The van der Waals surface area contributed by atoms with Crippen molar-refractivity contribution in [3.63, 3.8) is 0 Å². The third-order valence-corrected chi connectivity index (χ3v) is 5.37. The van der Waals surface area contributed by atoms with Crippen molar-refractivity contribution >= 4 is 28.3 Å². The molecule has 1 N–H and O–H groups in total. The Balaban J connectivity index is 1.81. The van der Waals surface area contributed by atoms with Crippen molar-refractivity contribution in [1.29, 1.82) is 0 Å². The summed E-state index contributed by atoms with van der Waals surface area (Å²) >= 11 is 1.22. The molecule has 1 atom stereocenters. The fourth-order valence-electron chi connectivity index (χ4n) is 3.11. The number of rotatable bonds is 12. The number of nitrogens with zero attached hydrogens (tertiary/aromatic N) is 1. The smallest absolute Gasteiger partial charge is 0.311 e. The minimum Gasteiger partial charge on any atom is -0.497 e. The van der Waals surface area contributed by atoms with Crippen molar-refractivity contribution in [2.45, 2.75) is 26.4 Å². The largest absolute Gasteiger partial charge is 0.497 e. The summed E-state index contributed by atoms with van der Waals surface area (Å²) in [4.78, 5) is 29.0. The highest BCUT2D eigenvalue weighted by molar-refractivity contribution is 7.14. The summed E-state index contributed by atoms with van der Waals surface area (Å²) in [6.07, 6.45) is -0.202. The monoisotopic (exact) mass is 500 g/mol. The van der Waals surface area contributed by atoms with E-state index in [4.69, 9.17) is 23.7 Å². The second kappa shape index (κ2) is 12.7. The number of methoxy groups -OCH3 is 2. The first-order valence-electron chi connectivity index (χ1n) is 10.9. The summed E-state index contributed by atoms with van der Waals surface area (Å²) in [5.74, 6) is 1.27. The number of carbonyl (C=O) groups excluding carboxylic acids is 2. The highest BCUT2D eigenvalue weighted by atomic mass is 32.1. The van der Waals surface area contributed by atoms with Crippen LogP contribution in [0.15, 0.2) is 47.8 Å². The Morgan fingerprint density at radius 2 is 1.80 bits per heavy atom. The molecule has 0 spiro atoms. The van der Waals surface area contributed by atoms with Crippen LogP contribution in [0, 0.1) is 0 Å². The van der Waals surface area contributed by atoms with Gasteiger partial charge in [-0.05, 0) is 38.1 Å². The van der Waals surface area contributed by atoms with Gasteiger partial charge in [-0.2, -0.15) is 0 Å². The molecule has 0 saturated heterocycles. The normalized spacial score (nSPS) is 11.4. The molecule has 0 bridgehead atoms. The van der Waals surface area contributed by atoms with Crippen LogP contribution in [0.2, 0.25) is 0 Å². The lowest BCUT2D eigenvalue weighted by Crippen LogP contribution is -2.18. The summed E-state index contributed by atoms with van der Waals surface area (Å²) in [5, 5.41) is 4.83. The molecule has 0 aliphatic rings. The van der Waals surface area contributed by atoms with Gasteiger partial charge in [0.05, 0.1) is 32.4 Å². The number of amides is 1. The molecule has 1 amide bonds. The van der Waals surface area contributed by atoms with Crippen molar-refractivity contribution in [3.8, 4) is 23.0 Å². The van der Waals surface area contributed by atoms with Gasteiger partial charge < -0.3 is 23.7 Å². The molecule has 0 unspecified atom stereocenters. The molecular formula is C25H28N2O7S. The molecule has 3 rings (SSSR count). The highest BCUT2D eigenvalue weighted by Gasteiger charge is 2.16. The first-order valence-corrected chi connectivity index (χ1v) is 11.8. The first-order chi connectivity index (χ1) is 16.9. The van der Waals surface area contributed by atoms with Gasteiger partial charge in [-0.3, -0.25) is 14.9 Å². The quantitative estimate of drug-likeness (QED) is 0.356. The van der Waals surface area contributed by atoms with E-state index in [0.29, 0.717) is 52.6 Å². The van der Waals surface area contributed by atoms with E-state index in [1.54, 1.807) is 62.9 Å². The predicted molar refractivity (Wildman–Crippen MR) is 132 cm³/mol. The van der Waals surface area contributed by atoms with E-state index in [1.165, 1.54) is 11.3 Å². The topological polar surface area (TPSA) is 105 Å². The first kappa shape index (κ1) is 26.0. The van der Waals surface area contributed by atoms with Crippen LogP contribution in [-0.2, 0) is 20.7 Å². The lowest BCUT2D eigenvalue weighted by atomic mass is 10.2. The third kappa shape index (κ3) is 7.97. The molecule has 0 saturated carbocycles. The van der Waals surface area contributed by atoms with E-state index in [-0.39, 0.29) is 18.5 Å². The van der Waals surface area contributed by atoms with E-state index in [0.717, 1.165) is 0 Å². The number of ether oxygens (including phenoxy) is 5. The van der Waals surface area contributed by atoms with Crippen molar-refractivity contribution in [3.05, 3.63) is 59.1 Å². The van der Waals surface area contributed by atoms with Crippen molar-refractivity contribution in [2.75, 3.05) is 32.8 Å². The van der Waals surface area contributed by atoms with Gasteiger partial charge in [0.2, 0.25) is 0 Å². The molecule has 0 fully saturated rings. The summed E-state index contributed by atoms with van der Waals surface area (Å²) in [5.41, 5.74) is 0.837. The molecule has 9 nitrogen and oxygen atoms in total. The number of nitrogens with one attached hydrogen (secondary N) is 1. The predicted octanol–water partition coefficient (Wildman–Crippen LogP) is 4.72. The average molecular weight is 501 g/mol. The number of anilines is 1. The summed E-state index contributed by atoms with van der Waals surface area (Å²) in [7, 11) is 3.16. The molecule has 0 radical (unpaired) electrons. The Labute approximate surface area is 207 Å². The molecular weight excluding hydrogens is 472 g/mol. The van der Waals surface area contributed by atoms with Crippen LogP contribution in [-0.4, -0.2) is 50.4 Å². The Bertz CT molecular complexity index is 1150. The minimum absolute atomic E-state index is 0.0411. The fourth-order valence-corrected chi connectivity index (χ4v) is 3.81. The average Bonchev–Trinajstić information content (AvgIpc) is 3.25. The number of thiazole rings is 1. The number of hydrogen-bond donors (Lipinski definition) is 1. The van der Waals surface area contributed by atoms with Crippen molar-refractivity contribution < 1.29 is 33.3 Å². The van der Waals surface area contributed by atoms with Crippen LogP contribution in [0.1, 0.15) is 29.9 Å². The van der Waals surface area contributed by atoms with Crippen LogP contribution in [0.4, 0.5) is 5.13 Å². The number of carbonyl (C=O) groups is 2. The van der Waals surface area contributed by atoms with Gasteiger partial charge in [-0.25, -0.2) is 4.98 Å². The zero-order valence-electron chi connectivity index (χ0n) is 20.0. The highest BCUT2D eigenvalue weighted by Crippen LogP contribution is 2.30. The number of hydrogen-bond acceptors (Lipinski definition) is 9. The second-order valence-electron chi connectivity index (χ2n) is 7.44. The maximum absolute atomic E-state index is 13.0. The van der Waals surface area contributed by atoms with E-state index in [1.807, 2.05) is 13.0 Å². The van der Waals surface area contributed by atoms with Crippen LogP contribution >= 0.6 is 11.3 Å². The molecule has 0 aliphatic heterocycles. The van der Waals surface area contributed by atoms with Gasteiger partial charge in [-0.1, -0.05) is 6.07 Å². The van der Waals surface area contributed by atoms with E-state index >= 15 is 0 Å². The number of aromatic nitrogens is 1. The molecule has 0 aliphatic carbocycles. The van der Waals surface area contributed by atoms with E-state index in [2.05, 4.69) is 10.3 Å². The van der Waals surface area contributed by atoms with Gasteiger partial charge in [0, 0.05) is 30.2 Å². The Hall–Kier alpha value is -3.63. The van der Waals surface area contributed by atoms with Crippen LogP contribution < -0.4 is 19.5 Å². The summed E-state index contributed by atoms with van der Waals surface area (Å²) < 4.78 is 27.2. The van der Waals surface area contributed by atoms with E-state index < -0.39 is 5.91 Å². The molecule has 10 heteroatoms. The van der Waals surface area contributed by atoms with Crippen LogP contribution in [0.3, 0.4) is 0 Å². The van der Waals surface area contributed by atoms with Gasteiger partial charge in [0.25, 0.3) is 5.91 Å². The Morgan fingerprint density at radius 1 is 1.06 bits per heavy atom. The van der Waals surface area contributed by atoms with Crippen LogP contribution in [0.25, 0.3) is 0 Å². The molecule has 1 aromatic heterocycles. The zero-order valence-corrected chi connectivity index (χ0v) is 20.8. The summed E-state index contributed by atoms with van der Waals surface area (Å²) in [6, 6.07) is 12.1. The Kier molecular flexibility index (Phi) is 9.45. The van der Waals surface area contributed by atoms with Gasteiger partial charge in [0.1, 0.15) is 29.1 Å². The fraction of sp³-hybridized carbons (Fsp3) is 0.320. The zero-order chi connectivity index (χ0) is 25.2. The molecule has 186 valence electrons. The lowest BCUT2D eigenvalue weighted by Gasteiger charge is -2.16. The van der Waals surface area contributed by atoms with E-state index in [9.17, 15) is 9.59 Å². The Morgan fingerprint density at radius 3 is 2.54 bits per heavy atom. The van der Waals surface area contributed by atoms with Crippen LogP contribution in [0.5, 0.6) is 23.0 Å². The molecule has 1 heterocycles. The standard InChI is InChI=1S/C25H28N2O7S/c1-5-32-23(28)11-18-15-35-25(26-18)27-24(29)17-9-21(33-16(2)14-30-3)13-22(10-17)34-20-8-6-7-19(12-20)31-4/h6-10,12-13,15-16H,5,11,14H2,1-4H3,(H,26,27,29)/t16-/m0/s1. The number of benzene rings is 2. The van der Waals surface area contributed by atoms with Gasteiger partial charge in [-0.15, -0.1) is 11.3 Å². The maximum Gasteiger partial charge on any atom is 0.311 e. The molecule has 35 heavy (non-hydrogen) atoms. The number of esters is 1. The second-order valence-corrected chi connectivity index (χ2v) is 8.30. The van der Waals surface area contributed by atoms with Gasteiger partial charge in [0.15, 0.2) is 5.13 Å². The maximum atomic E-state index is 13.0. The third-order valence-electron chi connectivity index (χ3n) is 4.56. The van der Waals surface area contributed by atoms with Gasteiger partial charge >= 0.3 is 5.97 Å². The SMILES string of the molecule is CCOC(=O)Cc1csc(NC(=O)c2cc(Oc3cccc(OC)c3)cc(O[C@@H](C)COC)c2)n1. The molecule has 3 aromatic rings.